The number of rotatable bonds is 7. The van der Waals surface area contributed by atoms with Crippen LogP contribution in [0.5, 0.6) is 11.5 Å². The molecule has 5 heteroatoms. The Morgan fingerprint density at radius 2 is 1.81 bits per heavy atom. The van der Waals surface area contributed by atoms with Gasteiger partial charge >= 0.3 is 0 Å². The molecule has 0 saturated heterocycles. The minimum absolute atomic E-state index is 0.0707. The summed E-state index contributed by atoms with van der Waals surface area (Å²) in [5.74, 6) is 2.24. The van der Waals surface area contributed by atoms with E-state index < -0.39 is 0 Å². The molecule has 3 aromatic rings. The van der Waals surface area contributed by atoms with E-state index in [1.807, 2.05) is 61.5 Å². The molecule has 1 aromatic heterocycles. The van der Waals surface area contributed by atoms with Crippen LogP contribution in [0.4, 0.5) is 5.82 Å². The van der Waals surface area contributed by atoms with Crippen LogP contribution in [0.1, 0.15) is 29.8 Å². The molecule has 3 rings (SSSR count). The fourth-order valence-electron chi connectivity index (χ4n) is 2.65. The van der Waals surface area contributed by atoms with Crippen LogP contribution in [0.15, 0.2) is 60.9 Å². The molecule has 0 bridgehead atoms. The normalized spacial score (nSPS) is 11.7. The molecule has 0 spiro atoms. The van der Waals surface area contributed by atoms with Gasteiger partial charge < -0.3 is 14.8 Å². The Morgan fingerprint density at radius 1 is 1.00 bits per heavy atom. The second-order valence-corrected chi connectivity index (χ2v) is 6.10. The minimum Gasteiger partial charge on any atom is -0.493 e. The van der Waals surface area contributed by atoms with E-state index in [0.29, 0.717) is 12.4 Å². The lowest BCUT2D eigenvalue weighted by Crippen LogP contribution is -2.09. The van der Waals surface area contributed by atoms with Crippen LogP contribution in [0.25, 0.3) is 0 Å². The maximum Gasteiger partial charge on any atom is 0.161 e. The quantitative estimate of drug-likeness (QED) is 0.678. The number of anilines is 1. The average Bonchev–Trinajstić information content (AvgIpc) is 2.67. The van der Waals surface area contributed by atoms with Crippen molar-refractivity contribution in [3.05, 3.63) is 77.7 Å². The third kappa shape index (κ3) is 4.51. The van der Waals surface area contributed by atoms with E-state index in [0.717, 1.165) is 28.4 Å². The number of hydrogen-bond acceptors (Lipinski definition) is 5. The molecule has 0 fully saturated rings. The van der Waals surface area contributed by atoms with Crippen molar-refractivity contribution in [2.75, 3.05) is 12.4 Å². The van der Waals surface area contributed by atoms with E-state index >= 15 is 0 Å². The van der Waals surface area contributed by atoms with Crippen molar-refractivity contribution < 1.29 is 9.47 Å². The number of aryl methyl sites for hydroxylation is 1. The second-order valence-electron chi connectivity index (χ2n) is 6.10. The van der Waals surface area contributed by atoms with Gasteiger partial charge in [-0.15, -0.1) is 0 Å². The molecule has 0 amide bonds. The van der Waals surface area contributed by atoms with E-state index in [1.165, 1.54) is 0 Å². The first-order valence-electron chi connectivity index (χ1n) is 8.55. The van der Waals surface area contributed by atoms with Gasteiger partial charge in [-0.25, -0.2) is 9.97 Å². The predicted molar refractivity (Wildman–Crippen MR) is 103 cm³/mol. The Kier molecular flexibility index (Phi) is 5.69. The number of benzene rings is 2. The van der Waals surface area contributed by atoms with Gasteiger partial charge in [-0.2, -0.15) is 0 Å². The molecule has 0 saturated carbocycles. The highest BCUT2D eigenvalue weighted by molar-refractivity contribution is 5.46. The fourth-order valence-corrected chi connectivity index (χ4v) is 2.65. The Bertz CT molecular complexity index is 853. The van der Waals surface area contributed by atoms with Gasteiger partial charge in [0.05, 0.1) is 13.2 Å². The van der Waals surface area contributed by atoms with Crippen LogP contribution >= 0.6 is 0 Å². The average molecular weight is 349 g/mol. The highest BCUT2D eigenvalue weighted by Gasteiger charge is 2.11. The SMILES string of the molecule is COc1cc(C(C)Nc2cc(C)ncn2)ccc1OCc1ccccc1. The van der Waals surface area contributed by atoms with Crippen molar-refractivity contribution in [3.63, 3.8) is 0 Å². The maximum atomic E-state index is 5.92. The number of aromatic nitrogens is 2. The van der Waals surface area contributed by atoms with E-state index in [9.17, 15) is 0 Å². The molecule has 26 heavy (non-hydrogen) atoms. The van der Waals surface area contributed by atoms with Crippen LogP contribution in [0.3, 0.4) is 0 Å². The molecule has 134 valence electrons. The Hall–Kier alpha value is -3.08. The van der Waals surface area contributed by atoms with E-state index in [2.05, 4.69) is 22.2 Å². The van der Waals surface area contributed by atoms with E-state index in [4.69, 9.17) is 9.47 Å². The molecule has 5 nitrogen and oxygen atoms in total. The van der Waals surface area contributed by atoms with Crippen LogP contribution in [0, 0.1) is 6.92 Å². The molecular formula is C21H23N3O2. The third-order valence-electron chi connectivity index (χ3n) is 4.09. The summed E-state index contributed by atoms with van der Waals surface area (Å²) in [6.07, 6.45) is 1.56. The smallest absolute Gasteiger partial charge is 0.161 e. The lowest BCUT2D eigenvalue weighted by molar-refractivity contribution is 0.284. The number of ether oxygens (including phenoxy) is 2. The Balaban J connectivity index is 1.71. The summed E-state index contributed by atoms with van der Waals surface area (Å²) in [6.45, 7) is 4.53. The molecule has 0 radical (unpaired) electrons. The Morgan fingerprint density at radius 3 is 2.54 bits per heavy atom. The number of nitrogens with one attached hydrogen (secondary N) is 1. The number of methoxy groups -OCH3 is 1. The van der Waals surface area contributed by atoms with Crippen molar-refractivity contribution in [3.8, 4) is 11.5 Å². The van der Waals surface area contributed by atoms with Crippen molar-refractivity contribution in [1.29, 1.82) is 0 Å². The highest BCUT2D eigenvalue weighted by Crippen LogP contribution is 2.31. The molecule has 1 N–H and O–H groups in total. The highest BCUT2D eigenvalue weighted by atomic mass is 16.5. The first kappa shape index (κ1) is 17.7. The predicted octanol–water partition coefficient (Wildman–Crippen LogP) is 4.55. The maximum absolute atomic E-state index is 5.92. The van der Waals surface area contributed by atoms with Gasteiger partial charge in [-0.05, 0) is 37.1 Å². The topological polar surface area (TPSA) is 56.3 Å². The molecule has 0 aliphatic carbocycles. The zero-order chi connectivity index (χ0) is 18.4. The standard InChI is InChI=1S/C21H23N3O2/c1-15-11-21(23-14-22-15)24-16(2)18-9-10-19(20(12-18)25-3)26-13-17-7-5-4-6-8-17/h4-12,14,16H,13H2,1-3H3,(H,22,23,24). The van der Waals surface area contributed by atoms with Crippen LogP contribution < -0.4 is 14.8 Å². The molecule has 1 atom stereocenters. The van der Waals surface area contributed by atoms with Gasteiger partial charge in [-0.1, -0.05) is 36.4 Å². The van der Waals surface area contributed by atoms with Crippen molar-refractivity contribution in [2.24, 2.45) is 0 Å². The van der Waals surface area contributed by atoms with Crippen LogP contribution in [-0.4, -0.2) is 17.1 Å². The van der Waals surface area contributed by atoms with Crippen molar-refractivity contribution in [1.82, 2.24) is 9.97 Å². The zero-order valence-corrected chi connectivity index (χ0v) is 15.3. The molecule has 0 aliphatic rings. The van der Waals surface area contributed by atoms with Gasteiger partial charge in [0.25, 0.3) is 0 Å². The summed E-state index contributed by atoms with van der Waals surface area (Å²) in [5, 5.41) is 3.38. The van der Waals surface area contributed by atoms with E-state index in [-0.39, 0.29) is 6.04 Å². The van der Waals surface area contributed by atoms with Gasteiger partial charge in [-0.3, -0.25) is 0 Å². The molecule has 1 unspecified atom stereocenters. The van der Waals surface area contributed by atoms with E-state index in [1.54, 1.807) is 13.4 Å². The monoisotopic (exact) mass is 349 g/mol. The third-order valence-corrected chi connectivity index (χ3v) is 4.09. The summed E-state index contributed by atoms with van der Waals surface area (Å²) in [4.78, 5) is 8.37. The molecule has 1 heterocycles. The summed E-state index contributed by atoms with van der Waals surface area (Å²) >= 11 is 0. The van der Waals surface area contributed by atoms with Gasteiger partial charge in [0.1, 0.15) is 18.8 Å². The fraction of sp³-hybridized carbons (Fsp3) is 0.238. The van der Waals surface area contributed by atoms with Crippen LogP contribution in [0.2, 0.25) is 0 Å². The lowest BCUT2D eigenvalue weighted by Gasteiger charge is -2.17. The summed E-state index contributed by atoms with van der Waals surface area (Å²) in [7, 11) is 1.65. The van der Waals surface area contributed by atoms with Crippen molar-refractivity contribution >= 4 is 5.82 Å². The number of nitrogens with zero attached hydrogens (tertiary/aromatic N) is 2. The second kappa shape index (κ2) is 8.34. The van der Waals surface area contributed by atoms with Gasteiger partial charge in [0.2, 0.25) is 0 Å². The molecule has 2 aromatic carbocycles. The first-order valence-corrected chi connectivity index (χ1v) is 8.55. The largest absolute Gasteiger partial charge is 0.493 e. The lowest BCUT2D eigenvalue weighted by atomic mass is 10.1. The molecular weight excluding hydrogens is 326 g/mol. The number of hydrogen-bond donors (Lipinski definition) is 1. The van der Waals surface area contributed by atoms with Gasteiger partial charge in [0, 0.05) is 11.8 Å². The molecule has 0 aliphatic heterocycles. The van der Waals surface area contributed by atoms with Gasteiger partial charge in [0.15, 0.2) is 11.5 Å². The summed E-state index contributed by atoms with van der Waals surface area (Å²) in [5.41, 5.74) is 3.13. The Labute approximate surface area is 154 Å². The summed E-state index contributed by atoms with van der Waals surface area (Å²) < 4.78 is 11.4. The van der Waals surface area contributed by atoms with Crippen molar-refractivity contribution in [2.45, 2.75) is 26.5 Å². The van der Waals surface area contributed by atoms with Crippen LogP contribution in [-0.2, 0) is 6.61 Å². The first-order chi connectivity index (χ1) is 12.7. The summed E-state index contributed by atoms with van der Waals surface area (Å²) in [6, 6.07) is 18.0. The minimum atomic E-state index is 0.0707. The zero-order valence-electron chi connectivity index (χ0n) is 15.3.